The fraction of sp³-hybridized carbons (Fsp3) is 0.143. The van der Waals surface area contributed by atoms with E-state index in [9.17, 15) is 0 Å². The monoisotopic (exact) mass is 299 g/mol. The molecule has 0 unspecified atom stereocenters. The van der Waals surface area contributed by atoms with Gasteiger partial charge in [0, 0.05) is 11.1 Å². The number of aryl methyl sites for hydroxylation is 2. The van der Waals surface area contributed by atoms with Crippen LogP contribution >= 0.6 is 0 Å². The summed E-state index contributed by atoms with van der Waals surface area (Å²) in [5.74, 6) is 6.49. The zero-order chi connectivity index (χ0) is 15.8. The summed E-state index contributed by atoms with van der Waals surface area (Å²) in [6, 6.07) is 16.6. The van der Waals surface area contributed by atoms with E-state index in [0.29, 0.717) is 0 Å². The Bertz CT molecular complexity index is 694. The van der Waals surface area contributed by atoms with Gasteiger partial charge in [-0.25, -0.2) is 0 Å². The summed E-state index contributed by atoms with van der Waals surface area (Å²) in [5, 5.41) is 0. The van der Waals surface area contributed by atoms with Gasteiger partial charge < -0.3 is 0 Å². The van der Waals surface area contributed by atoms with Gasteiger partial charge in [-0.05, 0) is 45.0 Å². The van der Waals surface area contributed by atoms with Crippen molar-refractivity contribution in [2.24, 2.45) is 0 Å². The highest BCUT2D eigenvalue weighted by molar-refractivity contribution is 6.80. The Labute approximate surface area is 135 Å². The molecule has 0 amide bonds. The topological polar surface area (TPSA) is 0 Å². The van der Waals surface area contributed by atoms with Crippen LogP contribution < -0.4 is 0 Å². The molecule has 0 atom stereocenters. The summed E-state index contributed by atoms with van der Waals surface area (Å²) in [5.41, 5.74) is 13.4. The molecule has 2 rings (SSSR count). The van der Waals surface area contributed by atoms with Crippen molar-refractivity contribution in [3.05, 3.63) is 82.6 Å². The first-order chi connectivity index (χ1) is 10.7. The molecule has 1 heteroatoms. The van der Waals surface area contributed by atoms with Gasteiger partial charge in [-0.2, -0.15) is 0 Å². The fourth-order valence-corrected chi connectivity index (χ4v) is 2.95. The van der Waals surface area contributed by atoms with E-state index >= 15 is 0 Å². The van der Waals surface area contributed by atoms with Gasteiger partial charge in [-0.1, -0.05) is 59.0 Å². The molecular weight excluding hydrogens is 280 g/mol. The third-order valence-corrected chi connectivity index (χ3v) is 4.57. The van der Waals surface area contributed by atoms with Crippen LogP contribution in [-0.2, 0) is 0 Å². The molecule has 2 aromatic rings. The first-order valence-electron chi connectivity index (χ1n) is 7.34. The lowest BCUT2D eigenvalue weighted by Gasteiger charge is -1.94. The Balaban J connectivity index is 2.18. The molecule has 0 heterocycles. The smallest absolute Gasteiger partial charge is 0.106 e. The minimum Gasteiger partial charge on any atom is -0.106 e. The van der Waals surface area contributed by atoms with Crippen molar-refractivity contribution in [1.29, 1.82) is 0 Å². The first-order valence-corrected chi connectivity index (χ1v) is 8.92. The summed E-state index contributed by atoms with van der Waals surface area (Å²) < 4.78 is 0. The minimum atomic E-state index is -1.11. The lowest BCUT2D eigenvalue weighted by Crippen LogP contribution is -2.03. The molecule has 1 radical (unpaired) electrons. The molecule has 2 aromatic carbocycles. The van der Waals surface area contributed by atoms with E-state index < -0.39 is 8.80 Å². The van der Waals surface area contributed by atoms with Gasteiger partial charge in [0.05, 0.1) is 0 Å². The number of allylic oxidation sites excluding steroid dienone is 1. The fourth-order valence-electron chi connectivity index (χ4n) is 1.83. The summed E-state index contributed by atoms with van der Waals surface area (Å²) in [6.07, 6.45) is 2.04. The lowest BCUT2D eigenvalue weighted by molar-refractivity contribution is 1.46. The zero-order valence-corrected chi connectivity index (χ0v) is 14.3. The van der Waals surface area contributed by atoms with Crippen LogP contribution in [0, 0.1) is 36.8 Å². The highest BCUT2D eigenvalue weighted by Crippen LogP contribution is 2.02. The van der Waals surface area contributed by atoms with Crippen molar-refractivity contribution in [2.75, 3.05) is 0 Å². The van der Waals surface area contributed by atoms with Crippen LogP contribution in [0.5, 0.6) is 0 Å². The van der Waals surface area contributed by atoms with E-state index in [2.05, 4.69) is 91.0 Å². The lowest BCUT2D eigenvalue weighted by atomic mass is 10.2. The molecule has 0 N–H and O–H groups in total. The molecular formula is C21H19Si. The summed E-state index contributed by atoms with van der Waals surface area (Å²) >= 11 is 0. The maximum Gasteiger partial charge on any atom is 0.260 e. The molecule has 0 aliphatic rings. The van der Waals surface area contributed by atoms with E-state index in [0.717, 1.165) is 11.1 Å². The Morgan fingerprint density at radius 2 is 1.14 bits per heavy atom. The molecule has 0 aromatic heterocycles. The highest BCUT2D eigenvalue weighted by atomic mass is 28.3. The predicted octanol–water partition coefficient (Wildman–Crippen LogP) is 4.40. The highest BCUT2D eigenvalue weighted by Gasteiger charge is 1.98. The van der Waals surface area contributed by atoms with Crippen molar-refractivity contribution in [3.8, 4) is 22.9 Å². The standard InChI is InChI=1S/C21H19Si/c1-4-15-22(16-13-20-9-5-18(2)6-10-20)17-14-21-11-7-19(3)8-12-21/h4-12,15H,1-3H3. The summed E-state index contributed by atoms with van der Waals surface area (Å²) in [7, 11) is -1.11. The van der Waals surface area contributed by atoms with Crippen LogP contribution in [0.15, 0.2) is 60.3 Å². The van der Waals surface area contributed by atoms with E-state index in [1.165, 1.54) is 11.1 Å². The first kappa shape index (κ1) is 15.9. The quantitative estimate of drug-likeness (QED) is 0.541. The summed E-state index contributed by atoms with van der Waals surface area (Å²) in [6.45, 7) is 6.18. The molecule has 107 valence electrons. The van der Waals surface area contributed by atoms with Crippen molar-refractivity contribution in [3.63, 3.8) is 0 Å². The molecule has 0 saturated carbocycles. The van der Waals surface area contributed by atoms with E-state index in [1.807, 2.05) is 13.0 Å². The number of hydrogen-bond acceptors (Lipinski definition) is 0. The normalized spacial score (nSPS) is 10.0. The Morgan fingerprint density at radius 1 is 0.727 bits per heavy atom. The van der Waals surface area contributed by atoms with E-state index in [1.54, 1.807) is 0 Å². The second-order valence-corrected chi connectivity index (χ2v) is 6.81. The Morgan fingerprint density at radius 3 is 1.50 bits per heavy atom. The molecule has 0 spiro atoms. The van der Waals surface area contributed by atoms with Gasteiger partial charge in [0.1, 0.15) is 0 Å². The van der Waals surface area contributed by atoms with Crippen LogP contribution in [-0.4, -0.2) is 8.80 Å². The Hall–Kier alpha value is -2.48. The van der Waals surface area contributed by atoms with Gasteiger partial charge in [0.2, 0.25) is 0 Å². The van der Waals surface area contributed by atoms with Gasteiger partial charge in [-0.3, -0.25) is 0 Å². The molecule has 22 heavy (non-hydrogen) atoms. The van der Waals surface area contributed by atoms with E-state index in [4.69, 9.17) is 0 Å². The molecule has 0 aliphatic heterocycles. The molecule has 0 nitrogen and oxygen atoms in total. The molecule has 0 saturated heterocycles. The number of benzene rings is 2. The third-order valence-electron chi connectivity index (χ3n) is 3.12. The average Bonchev–Trinajstić information content (AvgIpc) is 2.53. The second kappa shape index (κ2) is 8.08. The predicted molar refractivity (Wildman–Crippen MR) is 96.7 cm³/mol. The van der Waals surface area contributed by atoms with Crippen LogP contribution in [0.25, 0.3) is 0 Å². The van der Waals surface area contributed by atoms with Crippen molar-refractivity contribution < 1.29 is 0 Å². The molecule has 0 bridgehead atoms. The number of hydrogen-bond donors (Lipinski definition) is 0. The minimum absolute atomic E-state index is 1.05. The van der Waals surface area contributed by atoms with Crippen LogP contribution in [0.3, 0.4) is 0 Å². The Kier molecular flexibility index (Phi) is 5.84. The van der Waals surface area contributed by atoms with Gasteiger partial charge in [0.25, 0.3) is 8.80 Å². The zero-order valence-electron chi connectivity index (χ0n) is 13.3. The maximum atomic E-state index is 3.33. The van der Waals surface area contributed by atoms with Crippen molar-refractivity contribution in [1.82, 2.24) is 0 Å². The average molecular weight is 299 g/mol. The van der Waals surface area contributed by atoms with Crippen molar-refractivity contribution in [2.45, 2.75) is 20.8 Å². The van der Waals surface area contributed by atoms with Crippen molar-refractivity contribution >= 4 is 8.80 Å². The third kappa shape index (κ3) is 5.13. The van der Waals surface area contributed by atoms with E-state index in [-0.39, 0.29) is 0 Å². The summed E-state index contributed by atoms with van der Waals surface area (Å²) in [4.78, 5) is 0. The van der Waals surface area contributed by atoms with Crippen LogP contribution in [0.1, 0.15) is 29.2 Å². The largest absolute Gasteiger partial charge is 0.260 e. The molecule has 0 fully saturated rings. The van der Waals surface area contributed by atoms with Crippen LogP contribution in [0.2, 0.25) is 0 Å². The van der Waals surface area contributed by atoms with Crippen LogP contribution in [0.4, 0.5) is 0 Å². The van der Waals surface area contributed by atoms with Gasteiger partial charge >= 0.3 is 0 Å². The second-order valence-electron chi connectivity index (χ2n) is 5.15. The SMILES string of the molecule is CC=C[Si](C#Cc1ccc(C)cc1)C#Cc1ccc(C)cc1. The molecule has 0 aliphatic carbocycles. The van der Waals surface area contributed by atoms with Gasteiger partial charge in [-0.15, -0.1) is 11.1 Å². The maximum absolute atomic E-state index is 3.33. The number of rotatable bonds is 1. The van der Waals surface area contributed by atoms with Gasteiger partial charge in [0.15, 0.2) is 0 Å².